The van der Waals surface area contributed by atoms with Crippen LogP contribution in [0.5, 0.6) is 11.5 Å². The lowest BCUT2D eigenvalue weighted by Gasteiger charge is -2.34. The van der Waals surface area contributed by atoms with Crippen molar-refractivity contribution >= 4 is 94.0 Å². The molecule has 9 rings (SSSR count). The van der Waals surface area contributed by atoms with Gasteiger partial charge in [0.1, 0.15) is 11.5 Å². The summed E-state index contributed by atoms with van der Waals surface area (Å²) in [5, 5.41) is 27.3. The third kappa shape index (κ3) is 4.84. The van der Waals surface area contributed by atoms with E-state index >= 15 is 0 Å². The summed E-state index contributed by atoms with van der Waals surface area (Å²) in [7, 11) is 0. The minimum absolute atomic E-state index is 0.00541. The molecule has 7 aromatic rings. The van der Waals surface area contributed by atoms with E-state index in [0.717, 1.165) is 22.3 Å². The van der Waals surface area contributed by atoms with Crippen molar-refractivity contribution in [2.45, 2.75) is 79.1 Å². The van der Waals surface area contributed by atoms with Gasteiger partial charge in [-0.15, -0.1) is 0 Å². The van der Waals surface area contributed by atoms with Gasteiger partial charge in [0.15, 0.2) is 0 Å². The second-order valence-electron chi connectivity index (χ2n) is 16.7. The van der Waals surface area contributed by atoms with E-state index in [-0.39, 0.29) is 68.2 Å². The fourth-order valence-corrected chi connectivity index (χ4v) is 10.1. The van der Waals surface area contributed by atoms with Crippen LogP contribution in [0.15, 0.2) is 71.2 Å². The summed E-state index contributed by atoms with van der Waals surface area (Å²) in [4.78, 5) is 61.6. The number of phenolic OH excluding ortho intramolecular Hbond substituents is 2. The molecule has 0 unspecified atom stereocenters. The van der Waals surface area contributed by atoms with E-state index in [1.807, 2.05) is 91.8 Å². The van der Waals surface area contributed by atoms with Crippen LogP contribution in [0.2, 0.25) is 0 Å². The largest absolute Gasteiger partial charge is 0.507 e. The molecule has 9 heteroatoms. The summed E-state index contributed by atoms with van der Waals surface area (Å²) in [6.45, 7) is 16.2. The van der Waals surface area contributed by atoms with Gasteiger partial charge < -0.3 is 10.2 Å². The molecule has 0 spiro atoms. The van der Waals surface area contributed by atoms with Crippen molar-refractivity contribution in [3.63, 3.8) is 0 Å². The summed E-state index contributed by atoms with van der Waals surface area (Å²) in [6.07, 6.45) is 0. The molecule has 0 aliphatic carbocycles. The summed E-state index contributed by atoms with van der Waals surface area (Å²) in [5.74, 6) is -2.62. The van der Waals surface area contributed by atoms with Gasteiger partial charge in [-0.05, 0) is 75.6 Å². The lowest BCUT2D eigenvalue weighted by Crippen LogP contribution is -2.42. The van der Waals surface area contributed by atoms with Crippen LogP contribution in [-0.4, -0.2) is 33.8 Å². The minimum atomic E-state index is -0.559. The van der Waals surface area contributed by atoms with Crippen LogP contribution in [0.4, 0.5) is 11.4 Å². The summed E-state index contributed by atoms with van der Waals surface area (Å²) < 4.78 is 0.514. The van der Waals surface area contributed by atoms with Crippen LogP contribution < -0.4 is 9.80 Å². The molecule has 2 aliphatic rings. The predicted molar refractivity (Wildman–Crippen MR) is 230 cm³/mol. The standard InChI is InChI=1S/C48H41BrN2O6/c1-20(2)24-11-9-12-25(21(3)4)43(24)50-45(54)29-16-15-28-38-33(49)17-30-37-32(48(57)51(46(30)55)44-26(22(5)6)13-10-14-27(44)23(7)8)19-35(53)41(42(37)38)40-34(52)18-31(47(50)56)36(29)39(28)40/h9-23,52-53H,1-8H3. The number of halogens is 1. The molecule has 8 nitrogen and oxygen atoms in total. The van der Waals surface area contributed by atoms with E-state index in [2.05, 4.69) is 15.9 Å². The average Bonchev–Trinajstić information content (AvgIpc) is 3.16. The fraction of sp³-hybridized carbons (Fsp3) is 0.250. The first kappa shape index (κ1) is 36.8. The number of anilines is 2. The molecule has 0 atom stereocenters. The molecule has 57 heavy (non-hydrogen) atoms. The van der Waals surface area contributed by atoms with E-state index in [1.165, 1.54) is 21.9 Å². The number of aromatic hydroxyl groups is 2. The van der Waals surface area contributed by atoms with Gasteiger partial charge in [-0.1, -0.05) is 114 Å². The Balaban J connectivity index is 1.35. The molecule has 2 heterocycles. The minimum Gasteiger partial charge on any atom is -0.507 e. The van der Waals surface area contributed by atoms with E-state index in [1.54, 1.807) is 18.2 Å². The Hall–Kier alpha value is -5.80. The smallest absolute Gasteiger partial charge is 0.266 e. The van der Waals surface area contributed by atoms with E-state index in [4.69, 9.17) is 0 Å². The van der Waals surface area contributed by atoms with Gasteiger partial charge in [0.2, 0.25) is 0 Å². The topological polar surface area (TPSA) is 115 Å². The number of hydrogen-bond donors (Lipinski definition) is 2. The number of benzene rings is 7. The second-order valence-corrected chi connectivity index (χ2v) is 17.5. The number of rotatable bonds is 6. The highest BCUT2D eigenvalue weighted by Crippen LogP contribution is 2.54. The molecule has 2 aliphatic heterocycles. The van der Waals surface area contributed by atoms with Crippen molar-refractivity contribution in [3.05, 3.63) is 116 Å². The van der Waals surface area contributed by atoms with E-state index in [0.29, 0.717) is 48.2 Å². The zero-order chi connectivity index (χ0) is 40.7. The van der Waals surface area contributed by atoms with E-state index in [9.17, 15) is 29.4 Å². The summed E-state index contributed by atoms with van der Waals surface area (Å²) >= 11 is 3.77. The van der Waals surface area contributed by atoms with Gasteiger partial charge in [0, 0.05) is 47.7 Å². The molecule has 0 saturated carbocycles. The molecule has 7 aromatic carbocycles. The monoisotopic (exact) mass is 820 g/mol. The highest BCUT2D eigenvalue weighted by atomic mass is 79.9. The quantitative estimate of drug-likeness (QED) is 0.0980. The van der Waals surface area contributed by atoms with Crippen LogP contribution >= 0.6 is 15.9 Å². The van der Waals surface area contributed by atoms with Crippen molar-refractivity contribution in [1.82, 2.24) is 0 Å². The number of fused-ring (bicyclic) bond motifs is 2. The van der Waals surface area contributed by atoms with Crippen LogP contribution in [0.1, 0.15) is 143 Å². The molecule has 0 saturated heterocycles. The van der Waals surface area contributed by atoms with Gasteiger partial charge >= 0.3 is 0 Å². The number of nitrogens with zero attached hydrogens (tertiary/aromatic N) is 2. The van der Waals surface area contributed by atoms with Crippen molar-refractivity contribution < 1.29 is 29.4 Å². The third-order valence-corrected chi connectivity index (χ3v) is 12.6. The third-order valence-electron chi connectivity index (χ3n) is 12.0. The Morgan fingerprint density at radius 2 is 0.807 bits per heavy atom. The molecule has 0 bridgehead atoms. The molecule has 0 fully saturated rings. The Labute approximate surface area is 338 Å². The summed E-state index contributed by atoms with van der Waals surface area (Å²) in [5.41, 5.74) is 5.41. The maximum atomic E-state index is 14.8. The second kappa shape index (κ2) is 12.6. The van der Waals surface area contributed by atoms with E-state index < -0.39 is 23.6 Å². The molecule has 0 aromatic heterocycles. The number of carbonyl (C=O) groups excluding carboxylic acids is 4. The van der Waals surface area contributed by atoms with Crippen molar-refractivity contribution in [1.29, 1.82) is 0 Å². The Morgan fingerprint density at radius 1 is 0.439 bits per heavy atom. The van der Waals surface area contributed by atoms with Crippen LogP contribution in [0.25, 0.3) is 43.1 Å². The number of hydrogen-bond acceptors (Lipinski definition) is 6. The van der Waals surface area contributed by atoms with Crippen molar-refractivity contribution in [2.75, 3.05) is 9.80 Å². The van der Waals surface area contributed by atoms with Crippen LogP contribution in [0, 0.1) is 0 Å². The first-order valence-electron chi connectivity index (χ1n) is 19.4. The molecule has 286 valence electrons. The zero-order valence-corrected chi connectivity index (χ0v) is 34.5. The lowest BCUT2D eigenvalue weighted by molar-refractivity contribution is 0.0877. The number of carbonyl (C=O) groups is 4. The van der Waals surface area contributed by atoms with Crippen molar-refractivity contribution in [3.8, 4) is 11.5 Å². The molecular formula is C48H41BrN2O6. The maximum Gasteiger partial charge on any atom is 0.266 e. The normalized spacial score (nSPS) is 14.5. The molecule has 0 radical (unpaired) electrons. The van der Waals surface area contributed by atoms with Gasteiger partial charge in [-0.2, -0.15) is 0 Å². The van der Waals surface area contributed by atoms with Crippen LogP contribution in [0.3, 0.4) is 0 Å². The first-order valence-corrected chi connectivity index (χ1v) is 20.2. The number of phenols is 2. The van der Waals surface area contributed by atoms with Gasteiger partial charge in [-0.25, -0.2) is 9.80 Å². The van der Waals surface area contributed by atoms with Gasteiger partial charge in [-0.3, -0.25) is 19.2 Å². The molecule has 2 N–H and O–H groups in total. The maximum absolute atomic E-state index is 14.8. The Kier molecular flexibility index (Phi) is 8.14. The highest BCUT2D eigenvalue weighted by molar-refractivity contribution is 9.10. The number of amides is 4. The number of para-hydroxylation sites is 2. The Morgan fingerprint density at radius 3 is 1.23 bits per heavy atom. The fourth-order valence-electron chi connectivity index (χ4n) is 9.41. The molecular weight excluding hydrogens is 780 g/mol. The Bertz CT molecular complexity index is 2920. The predicted octanol–water partition coefficient (Wildman–Crippen LogP) is 12.0. The highest BCUT2D eigenvalue weighted by Gasteiger charge is 2.42. The summed E-state index contributed by atoms with van der Waals surface area (Å²) in [6, 6.07) is 19.6. The zero-order valence-electron chi connectivity index (χ0n) is 33.0. The van der Waals surface area contributed by atoms with Crippen molar-refractivity contribution in [2.24, 2.45) is 0 Å². The van der Waals surface area contributed by atoms with Crippen LogP contribution in [-0.2, 0) is 0 Å². The van der Waals surface area contributed by atoms with Gasteiger partial charge in [0.25, 0.3) is 23.6 Å². The molecule has 4 amide bonds. The number of imide groups is 2. The SMILES string of the molecule is CC(C)c1cccc(C(C)C)c1N1C(=O)c2ccc3c4c(Br)cc5c6c(cc(O)c(c7c(O)cc(c2c37)C1=O)c64)C(=O)N(c1c(C(C)C)cccc1C(C)C)C5=O. The first-order chi connectivity index (χ1) is 27.1. The average molecular weight is 822 g/mol. The lowest BCUT2D eigenvalue weighted by atomic mass is 9.81. The van der Waals surface area contributed by atoms with Gasteiger partial charge in [0.05, 0.1) is 28.1 Å².